The van der Waals surface area contributed by atoms with E-state index in [2.05, 4.69) is 11.4 Å². The van der Waals surface area contributed by atoms with Gasteiger partial charge in [0.05, 0.1) is 17.1 Å². The average Bonchev–Trinajstić information content (AvgIpc) is 2.56. The van der Waals surface area contributed by atoms with Crippen molar-refractivity contribution >= 4 is 0 Å². The standard InChI is InChI=1S/C10H18N2O/c1-9(2,7-11)10(3,13)8-5-4-6-12-8/h8,12-13H,4-6H2,1-3H3. The fourth-order valence-corrected chi connectivity index (χ4v) is 1.71. The largest absolute Gasteiger partial charge is 0.387 e. The summed E-state index contributed by atoms with van der Waals surface area (Å²) in [6.45, 7) is 6.27. The van der Waals surface area contributed by atoms with E-state index >= 15 is 0 Å². The average molecular weight is 182 g/mol. The molecule has 2 N–H and O–H groups in total. The van der Waals surface area contributed by atoms with Crippen molar-refractivity contribution in [3.8, 4) is 6.07 Å². The molecule has 0 amide bonds. The highest BCUT2D eigenvalue weighted by molar-refractivity contribution is 5.10. The molecule has 13 heavy (non-hydrogen) atoms. The fraction of sp³-hybridized carbons (Fsp3) is 0.900. The molecule has 2 unspecified atom stereocenters. The van der Waals surface area contributed by atoms with Gasteiger partial charge in [-0.05, 0) is 40.2 Å². The van der Waals surface area contributed by atoms with Gasteiger partial charge in [-0.3, -0.25) is 0 Å². The third-order valence-electron chi connectivity index (χ3n) is 3.28. The highest BCUT2D eigenvalue weighted by atomic mass is 16.3. The molecule has 0 spiro atoms. The van der Waals surface area contributed by atoms with Crippen molar-refractivity contribution in [2.45, 2.75) is 45.3 Å². The molecule has 0 bridgehead atoms. The van der Waals surface area contributed by atoms with E-state index in [1.165, 1.54) is 0 Å². The lowest BCUT2D eigenvalue weighted by Crippen LogP contribution is -2.54. The number of hydrogen-bond acceptors (Lipinski definition) is 3. The molecular formula is C10H18N2O. The van der Waals surface area contributed by atoms with Crippen LogP contribution in [0, 0.1) is 16.7 Å². The first-order valence-electron chi connectivity index (χ1n) is 4.79. The SMILES string of the molecule is CC(C)(C#N)C(C)(O)C1CCCN1. The summed E-state index contributed by atoms with van der Waals surface area (Å²) in [5, 5.41) is 22.4. The molecule has 0 aromatic carbocycles. The van der Waals surface area contributed by atoms with E-state index in [1.54, 1.807) is 20.8 Å². The van der Waals surface area contributed by atoms with Crippen molar-refractivity contribution in [1.82, 2.24) is 5.32 Å². The second-order valence-electron chi connectivity index (χ2n) is 4.53. The van der Waals surface area contributed by atoms with E-state index < -0.39 is 11.0 Å². The number of rotatable bonds is 2. The summed E-state index contributed by atoms with van der Waals surface area (Å²) in [6.07, 6.45) is 2.04. The van der Waals surface area contributed by atoms with Crippen LogP contribution >= 0.6 is 0 Å². The van der Waals surface area contributed by atoms with Crippen LogP contribution in [0.15, 0.2) is 0 Å². The first-order chi connectivity index (χ1) is 5.92. The number of nitrogens with one attached hydrogen (secondary N) is 1. The predicted octanol–water partition coefficient (Wildman–Crippen LogP) is 1.04. The maximum Gasteiger partial charge on any atom is 0.0951 e. The van der Waals surface area contributed by atoms with Gasteiger partial charge >= 0.3 is 0 Å². The maximum atomic E-state index is 10.3. The topological polar surface area (TPSA) is 56.0 Å². The highest BCUT2D eigenvalue weighted by Gasteiger charge is 2.46. The van der Waals surface area contributed by atoms with Crippen molar-refractivity contribution < 1.29 is 5.11 Å². The Balaban J connectivity index is 2.81. The van der Waals surface area contributed by atoms with Crippen LogP contribution in [-0.2, 0) is 0 Å². The lowest BCUT2D eigenvalue weighted by Gasteiger charge is -2.39. The molecule has 0 aromatic rings. The van der Waals surface area contributed by atoms with Gasteiger partial charge in [0.15, 0.2) is 0 Å². The van der Waals surface area contributed by atoms with E-state index in [9.17, 15) is 5.11 Å². The van der Waals surface area contributed by atoms with Gasteiger partial charge in [0.25, 0.3) is 0 Å². The summed E-state index contributed by atoms with van der Waals surface area (Å²) >= 11 is 0. The summed E-state index contributed by atoms with van der Waals surface area (Å²) in [5.41, 5.74) is -1.65. The van der Waals surface area contributed by atoms with Crippen LogP contribution in [0.25, 0.3) is 0 Å². The zero-order valence-corrected chi connectivity index (χ0v) is 8.59. The summed E-state index contributed by atoms with van der Waals surface area (Å²) in [7, 11) is 0. The molecule has 74 valence electrons. The van der Waals surface area contributed by atoms with Crippen molar-refractivity contribution in [3.63, 3.8) is 0 Å². The maximum absolute atomic E-state index is 10.3. The monoisotopic (exact) mass is 182 g/mol. The van der Waals surface area contributed by atoms with Crippen molar-refractivity contribution in [1.29, 1.82) is 5.26 Å². The minimum Gasteiger partial charge on any atom is -0.387 e. The van der Waals surface area contributed by atoms with Crippen LogP contribution in [0.4, 0.5) is 0 Å². The molecule has 0 aliphatic carbocycles. The second kappa shape index (κ2) is 3.28. The van der Waals surface area contributed by atoms with E-state index in [4.69, 9.17) is 5.26 Å². The summed E-state index contributed by atoms with van der Waals surface area (Å²) in [5.74, 6) is 0. The van der Waals surface area contributed by atoms with Crippen LogP contribution in [-0.4, -0.2) is 23.3 Å². The first-order valence-corrected chi connectivity index (χ1v) is 4.79. The number of nitrogens with zero attached hydrogens (tertiary/aromatic N) is 1. The molecular weight excluding hydrogens is 164 g/mol. The molecule has 1 heterocycles. The number of nitriles is 1. The Labute approximate surface area is 79.8 Å². The Kier molecular flexibility index (Phi) is 2.65. The van der Waals surface area contributed by atoms with Crippen molar-refractivity contribution in [3.05, 3.63) is 0 Å². The Morgan fingerprint density at radius 1 is 1.46 bits per heavy atom. The molecule has 1 fully saturated rings. The number of aliphatic hydroxyl groups is 1. The molecule has 1 rings (SSSR count). The van der Waals surface area contributed by atoms with Gasteiger partial charge in [0, 0.05) is 6.04 Å². The molecule has 1 aliphatic rings. The molecule has 3 heteroatoms. The zero-order chi connectivity index (χ0) is 10.1. The number of hydrogen-bond donors (Lipinski definition) is 2. The minimum atomic E-state index is -0.946. The third-order valence-corrected chi connectivity index (χ3v) is 3.28. The Bertz CT molecular complexity index is 222. The van der Waals surface area contributed by atoms with Gasteiger partial charge in [-0.2, -0.15) is 5.26 Å². The molecule has 3 nitrogen and oxygen atoms in total. The molecule has 1 aliphatic heterocycles. The first kappa shape index (κ1) is 10.5. The Morgan fingerprint density at radius 3 is 2.46 bits per heavy atom. The highest BCUT2D eigenvalue weighted by Crippen LogP contribution is 2.35. The van der Waals surface area contributed by atoms with E-state index in [0.29, 0.717) is 0 Å². The van der Waals surface area contributed by atoms with Gasteiger partial charge in [-0.1, -0.05) is 0 Å². The van der Waals surface area contributed by atoms with Crippen LogP contribution in [0.3, 0.4) is 0 Å². The lowest BCUT2D eigenvalue weighted by atomic mass is 9.72. The minimum absolute atomic E-state index is 0.0575. The van der Waals surface area contributed by atoms with Crippen LogP contribution in [0.1, 0.15) is 33.6 Å². The Hall–Kier alpha value is -0.590. The molecule has 2 atom stereocenters. The van der Waals surface area contributed by atoms with Gasteiger partial charge in [-0.25, -0.2) is 0 Å². The van der Waals surface area contributed by atoms with E-state index in [1.807, 2.05) is 0 Å². The van der Waals surface area contributed by atoms with Crippen molar-refractivity contribution in [2.75, 3.05) is 6.54 Å². The van der Waals surface area contributed by atoms with Crippen LogP contribution in [0.2, 0.25) is 0 Å². The van der Waals surface area contributed by atoms with E-state index in [-0.39, 0.29) is 6.04 Å². The molecule has 0 saturated carbocycles. The van der Waals surface area contributed by atoms with Gasteiger partial charge in [0.1, 0.15) is 0 Å². The van der Waals surface area contributed by atoms with Crippen molar-refractivity contribution in [2.24, 2.45) is 5.41 Å². The second-order valence-corrected chi connectivity index (χ2v) is 4.53. The van der Waals surface area contributed by atoms with Gasteiger partial charge in [0.2, 0.25) is 0 Å². The summed E-state index contributed by atoms with van der Waals surface area (Å²) in [4.78, 5) is 0. The molecule has 1 saturated heterocycles. The summed E-state index contributed by atoms with van der Waals surface area (Å²) < 4.78 is 0. The lowest BCUT2D eigenvalue weighted by molar-refractivity contribution is -0.0486. The van der Waals surface area contributed by atoms with Gasteiger partial charge < -0.3 is 10.4 Å². The van der Waals surface area contributed by atoms with Crippen LogP contribution < -0.4 is 5.32 Å². The van der Waals surface area contributed by atoms with E-state index in [0.717, 1.165) is 19.4 Å². The molecule has 0 radical (unpaired) electrons. The quantitative estimate of drug-likeness (QED) is 0.671. The summed E-state index contributed by atoms with van der Waals surface area (Å²) in [6, 6.07) is 2.23. The molecule has 0 aromatic heterocycles. The smallest absolute Gasteiger partial charge is 0.0951 e. The normalized spacial score (nSPS) is 28.1. The Morgan fingerprint density at radius 2 is 2.08 bits per heavy atom. The zero-order valence-electron chi connectivity index (χ0n) is 8.59. The van der Waals surface area contributed by atoms with Crippen LogP contribution in [0.5, 0.6) is 0 Å². The van der Waals surface area contributed by atoms with Gasteiger partial charge in [-0.15, -0.1) is 0 Å². The fourth-order valence-electron chi connectivity index (χ4n) is 1.71. The third kappa shape index (κ3) is 1.70. The predicted molar refractivity (Wildman–Crippen MR) is 51.0 cm³/mol.